The maximum absolute atomic E-state index is 14.5. The Labute approximate surface area is 275 Å². The maximum atomic E-state index is 14.5. The standard InChI is InChI=1S/C36H38FN3O6S/c1-25(2)38-36(42)32(21-27-7-5-4-6-8-27)39(23-28-11-9-26(3)10-12-28)35(41)24-40(30-15-13-29(37)14-16-30)47(43,44)31-17-18-33-34(22-31)46-20-19-45-33/h4-18,22,25,32H,19-21,23-24H2,1-3H3,(H,38,42). The first-order valence-electron chi connectivity index (χ1n) is 15.4. The Morgan fingerprint density at radius 3 is 2.17 bits per heavy atom. The highest BCUT2D eigenvalue weighted by Gasteiger charge is 2.35. The van der Waals surface area contributed by atoms with Gasteiger partial charge in [0.1, 0.15) is 31.6 Å². The number of hydrogen-bond acceptors (Lipinski definition) is 6. The molecule has 2 amide bonds. The third-order valence-corrected chi connectivity index (χ3v) is 9.44. The normalized spacial score (nSPS) is 13.1. The molecule has 11 heteroatoms. The number of amides is 2. The van der Waals surface area contributed by atoms with Crippen LogP contribution >= 0.6 is 0 Å². The number of benzene rings is 4. The number of carbonyl (C=O) groups is 2. The Hall–Kier alpha value is -4.90. The number of anilines is 1. The fourth-order valence-corrected chi connectivity index (χ4v) is 6.70. The molecular weight excluding hydrogens is 621 g/mol. The number of sulfonamides is 1. The van der Waals surface area contributed by atoms with Crippen molar-refractivity contribution in [3.05, 3.63) is 120 Å². The SMILES string of the molecule is Cc1ccc(CN(C(=O)CN(c2ccc(F)cc2)S(=O)(=O)c2ccc3c(c2)OCCO3)C(Cc2ccccc2)C(=O)NC(C)C)cc1. The van der Waals surface area contributed by atoms with Crippen LogP contribution in [0.5, 0.6) is 11.5 Å². The summed E-state index contributed by atoms with van der Waals surface area (Å²) in [6.45, 7) is 5.59. The van der Waals surface area contributed by atoms with E-state index in [-0.39, 0.29) is 47.9 Å². The van der Waals surface area contributed by atoms with E-state index in [0.717, 1.165) is 33.1 Å². The van der Waals surface area contributed by atoms with E-state index in [9.17, 15) is 22.4 Å². The van der Waals surface area contributed by atoms with Crippen molar-refractivity contribution in [2.45, 2.75) is 50.7 Å². The molecule has 4 aromatic carbocycles. The van der Waals surface area contributed by atoms with Crippen LogP contribution in [0.15, 0.2) is 102 Å². The van der Waals surface area contributed by atoms with E-state index >= 15 is 0 Å². The number of nitrogens with one attached hydrogen (secondary N) is 1. The number of halogens is 1. The first kappa shape index (κ1) is 33.5. The molecule has 1 unspecified atom stereocenters. The van der Waals surface area contributed by atoms with Gasteiger partial charge in [-0.2, -0.15) is 0 Å². The van der Waals surface area contributed by atoms with E-state index in [1.54, 1.807) is 0 Å². The maximum Gasteiger partial charge on any atom is 0.264 e. The van der Waals surface area contributed by atoms with Gasteiger partial charge in [0.2, 0.25) is 11.8 Å². The second-order valence-corrected chi connectivity index (χ2v) is 13.5. The molecule has 1 N–H and O–H groups in total. The van der Waals surface area contributed by atoms with Crippen LogP contribution in [0.2, 0.25) is 0 Å². The third kappa shape index (κ3) is 8.28. The minimum atomic E-state index is -4.40. The third-order valence-electron chi connectivity index (χ3n) is 7.67. The van der Waals surface area contributed by atoms with Gasteiger partial charge in [-0.3, -0.25) is 13.9 Å². The van der Waals surface area contributed by atoms with E-state index in [1.807, 2.05) is 75.4 Å². The lowest BCUT2D eigenvalue weighted by atomic mass is 10.0. The van der Waals surface area contributed by atoms with Crippen LogP contribution < -0.4 is 19.1 Å². The number of ether oxygens (including phenoxy) is 2. The van der Waals surface area contributed by atoms with Gasteiger partial charge in [0, 0.05) is 25.1 Å². The van der Waals surface area contributed by atoms with Gasteiger partial charge in [-0.25, -0.2) is 12.8 Å². The molecule has 0 bridgehead atoms. The second-order valence-electron chi connectivity index (χ2n) is 11.7. The average molecular weight is 660 g/mol. The van der Waals surface area contributed by atoms with E-state index in [1.165, 1.54) is 35.2 Å². The van der Waals surface area contributed by atoms with Gasteiger partial charge in [0.05, 0.1) is 10.6 Å². The van der Waals surface area contributed by atoms with Gasteiger partial charge in [-0.15, -0.1) is 0 Å². The quantitative estimate of drug-likeness (QED) is 0.222. The number of hydrogen-bond donors (Lipinski definition) is 1. The van der Waals surface area contributed by atoms with E-state index < -0.39 is 34.3 Å². The van der Waals surface area contributed by atoms with Gasteiger partial charge in [0.15, 0.2) is 11.5 Å². The largest absolute Gasteiger partial charge is 0.486 e. The first-order chi connectivity index (χ1) is 22.5. The van der Waals surface area contributed by atoms with Gasteiger partial charge >= 0.3 is 0 Å². The highest BCUT2D eigenvalue weighted by molar-refractivity contribution is 7.92. The molecule has 47 heavy (non-hydrogen) atoms. The summed E-state index contributed by atoms with van der Waals surface area (Å²) in [4.78, 5) is 29.6. The predicted molar refractivity (Wildman–Crippen MR) is 177 cm³/mol. The van der Waals surface area contributed by atoms with Crippen molar-refractivity contribution in [2.75, 3.05) is 24.1 Å². The predicted octanol–water partition coefficient (Wildman–Crippen LogP) is 5.27. The zero-order valence-corrected chi connectivity index (χ0v) is 27.4. The van der Waals surface area contributed by atoms with Crippen LogP contribution in [-0.2, 0) is 32.6 Å². The Morgan fingerprint density at radius 1 is 0.851 bits per heavy atom. The molecule has 1 aliphatic heterocycles. The first-order valence-corrected chi connectivity index (χ1v) is 16.8. The monoisotopic (exact) mass is 659 g/mol. The summed E-state index contributed by atoms with van der Waals surface area (Å²) in [6, 6.07) is 24.8. The number of nitrogens with zero attached hydrogens (tertiary/aromatic N) is 2. The summed E-state index contributed by atoms with van der Waals surface area (Å²) in [7, 11) is -4.40. The molecule has 246 valence electrons. The molecule has 0 fully saturated rings. The molecule has 0 saturated carbocycles. The summed E-state index contributed by atoms with van der Waals surface area (Å²) in [5.41, 5.74) is 2.70. The van der Waals surface area contributed by atoms with Crippen molar-refractivity contribution in [2.24, 2.45) is 0 Å². The van der Waals surface area contributed by atoms with E-state index in [4.69, 9.17) is 9.47 Å². The molecule has 5 rings (SSSR count). The molecule has 1 atom stereocenters. The molecule has 4 aromatic rings. The van der Waals surface area contributed by atoms with E-state index in [2.05, 4.69) is 5.32 Å². The molecule has 0 spiro atoms. The van der Waals surface area contributed by atoms with Crippen molar-refractivity contribution in [3.63, 3.8) is 0 Å². The number of aryl methyl sites for hydroxylation is 1. The summed E-state index contributed by atoms with van der Waals surface area (Å²) in [5.74, 6) is -0.880. The molecule has 1 aliphatic rings. The van der Waals surface area contributed by atoms with Gasteiger partial charge < -0.3 is 19.7 Å². The Morgan fingerprint density at radius 2 is 1.51 bits per heavy atom. The Balaban J connectivity index is 1.57. The van der Waals surface area contributed by atoms with Gasteiger partial charge in [0.25, 0.3) is 10.0 Å². The van der Waals surface area contributed by atoms with Crippen molar-refractivity contribution < 1.29 is 31.9 Å². The summed E-state index contributed by atoms with van der Waals surface area (Å²) >= 11 is 0. The van der Waals surface area contributed by atoms with Gasteiger partial charge in [-0.05, 0) is 68.3 Å². The molecule has 0 aliphatic carbocycles. The molecule has 0 aromatic heterocycles. The Bertz CT molecular complexity index is 1800. The average Bonchev–Trinajstić information content (AvgIpc) is 3.06. The fraction of sp³-hybridized carbons (Fsp3) is 0.278. The highest BCUT2D eigenvalue weighted by Crippen LogP contribution is 2.34. The zero-order chi connectivity index (χ0) is 33.6. The molecular formula is C36H38FN3O6S. The summed E-state index contributed by atoms with van der Waals surface area (Å²) in [5, 5.41) is 2.94. The smallest absolute Gasteiger partial charge is 0.264 e. The second kappa shape index (κ2) is 14.7. The lowest BCUT2D eigenvalue weighted by Crippen LogP contribution is -2.54. The van der Waals surface area contributed by atoms with Crippen LogP contribution in [0, 0.1) is 12.7 Å². The van der Waals surface area contributed by atoms with Crippen molar-refractivity contribution in [1.82, 2.24) is 10.2 Å². The minimum absolute atomic E-state index is 0.0451. The van der Waals surface area contributed by atoms with Crippen LogP contribution in [0.25, 0.3) is 0 Å². The summed E-state index contributed by atoms with van der Waals surface area (Å²) < 4.78 is 54.7. The number of rotatable bonds is 12. The molecule has 0 radical (unpaired) electrons. The summed E-state index contributed by atoms with van der Waals surface area (Å²) in [6.07, 6.45) is 0.197. The van der Waals surface area contributed by atoms with E-state index in [0.29, 0.717) is 12.4 Å². The number of carbonyl (C=O) groups excluding carboxylic acids is 2. The lowest BCUT2D eigenvalue weighted by molar-refractivity contribution is -0.140. The topological polar surface area (TPSA) is 105 Å². The van der Waals surface area contributed by atoms with Crippen molar-refractivity contribution in [3.8, 4) is 11.5 Å². The highest BCUT2D eigenvalue weighted by atomic mass is 32.2. The van der Waals surface area contributed by atoms with Crippen LogP contribution in [0.3, 0.4) is 0 Å². The Kier molecular flexibility index (Phi) is 10.5. The van der Waals surface area contributed by atoms with Crippen molar-refractivity contribution in [1.29, 1.82) is 0 Å². The molecule has 0 saturated heterocycles. The number of fused-ring (bicyclic) bond motifs is 1. The molecule has 1 heterocycles. The fourth-order valence-electron chi connectivity index (χ4n) is 5.27. The van der Waals surface area contributed by atoms with Crippen LogP contribution in [0.1, 0.15) is 30.5 Å². The van der Waals surface area contributed by atoms with Gasteiger partial charge in [-0.1, -0.05) is 60.2 Å². The molecule has 9 nitrogen and oxygen atoms in total. The van der Waals surface area contributed by atoms with Crippen LogP contribution in [0.4, 0.5) is 10.1 Å². The lowest BCUT2D eigenvalue weighted by Gasteiger charge is -2.34. The zero-order valence-electron chi connectivity index (χ0n) is 26.6. The van der Waals surface area contributed by atoms with Crippen LogP contribution in [-0.4, -0.2) is 57.0 Å². The minimum Gasteiger partial charge on any atom is -0.486 e. The van der Waals surface area contributed by atoms with Crippen molar-refractivity contribution >= 4 is 27.5 Å².